The summed E-state index contributed by atoms with van der Waals surface area (Å²) in [6, 6.07) is 5.75. The van der Waals surface area contributed by atoms with Gasteiger partial charge in [0.15, 0.2) is 5.78 Å². The Morgan fingerprint density at radius 1 is 1.53 bits per heavy atom. The summed E-state index contributed by atoms with van der Waals surface area (Å²) >= 11 is 10.8. The Morgan fingerprint density at radius 2 is 2.27 bits per heavy atom. The molecule has 1 aromatic carbocycles. The molecule has 0 amide bonds. The van der Waals surface area contributed by atoms with Gasteiger partial charge in [0, 0.05) is 28.1 Å². The van der Waals surface area contributed by atoms with Crippen molar-refractivity contribution in [2.24, 2.45) is 0 Å². The molecule has 1 nitrogen and oxygen atoms in total. The van der Waals surface area contributed by atoms with Crippen molar-refractivity contribution in [3.8, 4) is 0 Å². The largest absolute Gasteiger partial charge is 0.294 e. The van der Waals surface area contributed by atoms with Crippen LogP contribution in [-0.2, 0) is 5.88 Å². The second kappa shape index (κ2) is 6.56. The van der Waals surface area contributed by atoms with Gasteiger partial charge in [-0.25, -0.2) is 0 Å². The van der Waals surface area contributed by atoms with Gasteiger partial charge in [-0.2, -0.15) is 0 Å². The van der Waals surface area contributed by atoms with Crippen LogP contribution in [0, 0.1) is 0 Å². The highest BCUT2D eigenvalue weighted by molar-refractivity contribution is 9.09. The maximum absolute atomic E-state index is 11.8. The topological polar surface area (TPSA) is 17.1 Å². The van der Waals surface area contributed by atoms with Crippen molar-refractivity contribution < 1.29 is 4.79 Å². The van der Waals surface area contributed by atoms with Crippen molar-refractivity contribution in [1.29, 1.82) is 0 Å². The Hall–Kier alpha value is 0.01000. The van der Waals surface area contributed by atoms with Gasteiger partial charge in [0.2, 0.25) is 0 Å². The van der Waals surface area contributed by atoms with Crippen LogP contribution >= 0.6 is 39.3 Å². The predicted molar refractivity (Wildman–Crippen MR) is 70.5 cm³/mol. The molecule has 0 aliphatic carbocycles. The first-order valence-electron chi connectivity index (χ1n) is 4.55. The van der Waals surface area contributed by atoms with Crippen LogP contribution in [0.15, 0.2) is 23.1 Å². The highest BCUT2D eigenvalue weighted by Crippen LogP contribution is 2.26. The molecule has 0 saturated heterocycles. The van der Waals surface area contributed by atoms with Gasteiger partial charge in [0.05, 0.1) is 0 Å². The van der Waals surface area contributed by atoms with E-state index in [9.17, 15) is 4.79 Å². The number of benzene rings is 1. The van der Waals surface area contributed by atoms with E-state index in [0.717, 1.165) is 16.0 Å². The molecule has 0 aliphatic rings. The molecule has 4 heteroatoms. The van der Waals surface area contributed by atoms with Crippen molar-refractivity contribution in [3.63, 3.8) is 0 Å². The lowest BCUT2D eigenvalue weighted by Crippen LogP contribution is -2.04. The smallest absolute Gasteiger partial charge is 0.164 e. The molecule has 0 unspecified atom stereocenters. The monoisotopic (exact) mass is 306 g/mol. The molecule has 0 saturated carbocycles. The van der Waals surface area contributed by atoms with Crippen LogP contribution in [0.5, 0.6) is 0 Å². The van der Waals surface area contributed by atoms with E-state index in [1.807, 2.05) is 24.5 Å². The molecular formula is C11H12BrClOS. The van der Waals surface area contributed by atoms with Gasteiger partial charge in [0.25, 0.3) is 0 Å². The minimum atomic E-state index is 0.151. The van der Waals surface area contributed by atoms with Crippen LogP contribution < -0.4 is 0 Å². The molecule has 0 aliphatic heterocycles. The molecule has 82 valence electrons. The van der Waals surface area contributed by atoms with Crippen molar-refractivity contribution in [1.82, 2.24) is 0 Å². The number of thioether (sulfide) groups is 1. The van der Waals surface area contributed by atoms with E-state index in [-0.39, 0.29) is 5.78 Å². The summed E-state index contributed by atoms with van der Waals surface area (Å²) < 4.78 is 0. The Bertz CT molecular complexity index is 354. The summed E-state index contributed by atoms with van der Waals surface area (Å²) in [5, 5.41) is 0.692. The van der Waals surface area contributed by atoms with Crippen LogP contribution in [0.25, 0.3) is 0 Å². The molecule has 0 atom stereocenters. The van der Waals surface area contributed by atoms with E-state index in [1.165, 1.54) is 0 Å². The van der Waals surface area contributed by atoms with Crippen molar-refractivity contribution in [3.05, 3.63) is 29.3 Å². The van der Waals surface area contributed by atoms with Gasteiger partial charge >= 0.3 is 0 Å². The number of hydrogen-bond acceptors (Lipinski definition) is 2. The molecule has 0 heterocycles. The maximum atomic E-state index is 11.8. The Labute approximate surface area is 108 Å². The normalized spacial score (nSPS) is 10.3. The van der Waals surface area contributed by atoms with Gasteiger partial charge in [-0.15, -0.1) is 23.4 Å². The number of ketones is 1. The van der Waals surface area contributed by atoms with Crippen molar-refractivity contribution >= 4 is 45.1 Å². The molecule has 15 heavy (non-hydrogen) atoms. The first kappa shape index (κ1) is 13.1. The second-order valence-corrected chi connectivity index (χ2v) is 4.89. The summed E-state index contributed by atoms with van der Waals surface area (Å²) in [5.41, 5.74) is 1.72. The molecule has 1 aromatic rings. The standard InChI is InChI=1S/C11H12BrClOS/c1-15-11-4-2-3-8(9(11)7-13)10(14)5-6-12/h2-4H,5-7H2,1H3. The highest BCUT2D eigenvalue weighted by atomic mass is 79.9. The summed E-state index contributed by atoms with van der Waals surface area (Å²) in [6.07, 6.45) is 2.51. The minimum Gasteiger partial charge on any atom is -0.294 e. The fourth-order valence-electron chi connectivity index (χ4n) is 1.38. The van der Waals surface area contributed by atoms with E-state index in [0.29, 0.717) is 17.6 Å². The number of hydrogen-bond donors (Lipinski definition) is 0. The fourth-order valence-corrected chi connectivity index (χ4v) is 2.75. The van der Waals surface area contributed by atoms with Gasteiger partial charge in [-0.3, -0.25) is 4.79 Å². The minimum absolute atomic E-state index is 0.151. The molecule has 1 rings (SSSR count). The van der Waals surface area contributed by atoms with Crippen LogP contribution in [0.1, 0.15) is 22.3 Å². The predicted octanol–water partition coefficient (Wildman–Crippen LogP) is 4.12. The van der Waals surface area contributed by atoms with E-state index in [1.54, 1.807) is 11.8 Å². The number of alkyl halides is 2. The quantitative estimate of drug-likeness (QED) is 0.462. The Morgan fingerprint density at radius 3 is 2.80 bits per heavy atom. The summed E-state index contributed by atoms with van der Waals surface area (Å²) in [4.78, 5) is 12.9. The lowest BCUT2D eigenvalue weighted by Gasteiger charge is -2.09. The number of carbonyl (C=O) groups excluding carboxylic acids is 1. The van der Waals surface area contributed by atoms with E-state index in [2.05, 4.69) is 15.9 Å². The van der Waals surface area contributed by atoms with E-state index in [4.69, 9.17) is 11.6 Å². The number of Topliss-reactive ketones (excluding diaryl/α,β-unsaturated/α-hetero) is 1. The average Bonchev–Trinajstić information content (AvgIpc) is 2.28. The molecule has 0 aromatic heterocycles. The Kier molecular flexibility index (Phi) is 5.72. The Balaban J connectivity index is 3.11. The molecular weight excluding hydrogens is 296 g/mol. The van der Waals surface area contributed by atoms with Gasteiger partial charge in [-0.1, -0.05) is 28.1 Å². The molecule has 0 N–H and O–H groups in total. The molecule has 0 bridgehead atoms. The summed E-state index contributed by atoms with van der Waals surface area (Å²) in [6.45, 7) is 0. The van der Waals surface area contributed by atoms with Crippen LogP contribution in [0.4, 0.5) is 0 Å². The lowest BCUT2D eigenvalue weighted by molar-refractivity contribution is 0.0989. The first-order chi connectivity index (χ1) is 7.24. The number of carbonyl (C=O) groups is 1. The summed E-state index contributed by atoms with van der Waals surface area (Å²) in [5.74, 6) is 0.541. The highest BCUT2D eigenvalue weighted by Gasteiger charge is 2.12. The SMILES string of the molecule is CSc1cccc(C(=O)CCBr)c1CCl. The second-order valence-electron chi connectivity index (χ2n) is 2.98. The van der Waals surface area contributed by atoms with Crippen LogP contribution in [-0.4, -0.2) is 17.4 Å². The zero-order valence-corrected chi connectivity index (χ0v) is 11.6. The van der Waals surface area contributed by atoms with Gasteiger partial charge in [-0.05, 0) is 17.9 Å². The first-order valence-corrected chi connectivity index (χ1v) is 7.43. The maximum Gasteiger partial charge on any atom is 0.164 e. The van der Waals surface area contributed by atoms with Crippen LogP contribution in [0.2, 0.25) is 0 Å². The van der Waals surface area contributed by atoms with E-state index >= 15 is 0 Å². The lowest BCUT2D eigenvalue weighted by atomic mass is 10.0. The fraction of sp³-hybridized carbons (Fsp3) is 0.364. The number of rotatable bonds is 5. The summed E-state index contributed by atoms with van der Waals surface area (Å²) in [7, 11) is 0. The zero-order chi connectivity index (χ0) is 11.3. The van der Waals surface area contributed by atoms with Crippen LogP contribution in [0.3, 0.4) is 0 Å². The van der Waals surface area contributed by atoms with E-state index < -0.39 is 0 Å². The molecule has 0 radical (unpaired) electrons. The third-order valence-corrected chi connectivity index (χ3v) is 3.59. The van der Waals surface area contributed by atoms with Gasteiger partial charge in [0.1, 0.15) is 0 Å². The average molecular weight is 308 g/mol. The molecule has 0 fully saturated rings. The van der Waals surface area contributed by atoms with Gasteiger partial charge < -0.3 is 0 Å². The van der Waals surface area contributed by atoms with Crippen molar-refractivity contribution in [2.75, 3.05) is 11.6 Å². The molecule has 0 spiro atoms. The third kappa shape index (κ3) is 3.23. The zero-order valence-electron chi connectivity index (χ0n) is 8.43. The number of halogens is 2. The van der Waals surface area contributed by atoms with Crippen molar-refractivity contribution in [2.45, 2.75) is 17.2 Å². The third-order valence-electron chi connectivity index (χ3n) is 2.11.